The Balaban J connectivity index is 3.01. The molecular formula is C11H20O6. The first kappa shape index (κ1) is 16.1. The Labute approximate surface area is 101 Å². The van der Waals surface area contributed by atoms with Gasteiger partial charge in [-0.15, -0.1) is 0 Å². The van der Waals surface area contributed by atoms with E-state index in [9.17, 15) is 4.79 Å². The molecule has 6 nitrogen and oxygen atoms in total. The van der Waals surface area contributed by atoms with Gasteiger partial charge in [0.1, 0.15) is 0 Å². The largest absolute Gasteiger partial charge is 0.478 e. The highest BCUT2D eigenvalue weighted by Gasteiger charge is 1.91. The van der Waals surface area contributed by atoms with Gasteiger partial charge in [-0.05, 0) is 0 Å². The number of rotatable bonds is 12. The van der Waals surface area contributed by atoms with Crippen molar-refractivity contribution in [2.24, 2.45) is 0 Å². The highest BCUT2D eigenvalue weighted by Crippen LogP contribution is 1.83. The normalized spacial score (nSPS) is 11.1. The van der Waals surface area contributed by atoms with Crippen LogP contribution >= 0.6 is 0 Å². The fourth-order valence-corrected chi connectivity index (χ4v) is 0.882. The number of carboxylic acids is 1. The van der Waals surface area contributed by atoms with Crippen molar-refractivity contribution in [3.8, 4) is 0 Å². The van der Waals surface area contributed by atoms with Gasteiger partial charge < -0.3 is 24.1 Å². The number of ether oxygens (including phenoxy) is 4. The lowest BCUT2D eigenvalue weighted by atomic mass is 10.5. The molecular weight excluding hydrogens is 228 g/mol. The molecule has 17 heavy (non-hydrogen) atoms. The van der Waals surface area contributed by atoms with Crippen molar-refractivity contribution in [3.63, 3.8) is 0 Å². The fraction of sp³-hybridized carbons (Fsp3) is 0.727. The van der Waals surface area contributed by atoms with Gasteiger partial charge >= 0.3 is 5.97 Å². The van der Waals surface area contributed by atoms with Gasteiger partial charge in [0.2, 0.25) is 0 Å². The zero-order chi connectivity index (χ0) is 12.8. The van der Waals surface area contributed by atoms with Crippen LogP contribution < -0.4 is 0 Å². The number of carboxylic acid groups (broad SMARTS) is 1. The van der Waals surface area contributed by atoms with Crippen LogP contribution in [0.25, 0.3) is 0 Å². The SMILES string of the molecule is COCCOCCOCCOC/C=C/C(=O)O. The van der Waals surface area contributed by atoms with E-state index in [2.05, 4.69) is 0 Å². The van der Waals surface area contributed by atoms with E-state index in [4.69, 9.17) is 24.1 Å². The van der Waals surface area contributed by atoms with Crippen molar-refractivity contribution in [3.05, 3.63) is 12.2 Å². The zero-order valence-corrected chi connectivity index (χ0v) is 10.1. The summed E-state index contributed by atoms with van der Waals surface area (Å²) < 4.78 is 20.3. The summed E-state index contributed by atoms with van der Waals surface area (Å²) in [5.41, 5.74) is 0. The van der Waals surface area contributed by atoms with Crippen LogP contribution in [0.4, 0.5) is 0 Å². The zero-order valence-electron chi connectivity index (χ0n) is 10.1. The third-order valence-electron chi connectivity index (χ3n) is 1.65. The Morgan fingerprint density at radius 1 is 1.00 bits per heavy atom. The van der Waals surface area contributed by atoms with Gasteiger partial charge in [0.05, 0.1) is 46.2 Å². The molecule has 1 N–H and O–H groups in total. The molecule has 100 valence electrons. The minimum Gasteiger partial charge on any atom is -0.478 e. The molecule has 0 radical (unpaired) electrons. The molecule has 0 saturated heterocycles. The maximum atomic E-state index is 10.1. The van der Waals surface area contributed by atoms with E-state index in [1.54, 1.807) is 7.11 Å². The maximum absolute atomic E-state index is 10.1. The molecule has 0 aliphatic carbocycles. The molecule has 0 bridgehead atoms. The first-order chi connectivity index (χ1) is 8.27. The Kier molecular flexibility index (Phi) is 12.4. The minimum atomic E-state index is -0.974. The van der Waals surface area contributed by atoms with E-state index in [1.807, 2.05) is 0 Å². The average molecular weight is 248 g/mol. The maximum Gasteiger partial charge on any atom is 0.328 e. The van der Waals surface area contributed by atoms with Crippen LogP contribution in [0, 0.1) is 0 Å². The summed E-state index contributed by atoms with van der Waals surface area (Å²) in [4.78, 5) is 10.1. The van der Waals surface area contributed by atoms with Gasteiger partial charge in [-0.1, -0.05) is 6.08 Å². The van der Waals surface area contributed by atoms with Crippen LogP contribution in [0.3, 0.4) is 0 Å². The molecule has 0 atom stereocenters. The van der Waals surface area contributed by atoms with E-state index in [0.717, 1.165) is 6.08 Å². The molecule has 0 amide bonds. The Bertz CT molecular complexity index is 204. The summed E-state index contributed by atoms with van der Waals surface area (Å²) in [7, 11) is 1.62. The van der Waals surface area contributed by atoms with Crippen LogP contribution in [0.15, 0.2) is 12.2 Å². The topological polar surface area (TPSA) is 74.2 Å². The van der Waals surface area contributed by atoms with E-state index < -0.39 is 5.97 Å². The third kappa shape index (κ3) is 15.1. The monoisotopic (exact) mass is 248 g/mol. The molecule has 0 aromatic heterocycles. The van der Waals surface area contributed by atoms with Crippen molar-refractivity contribution in [2.45, 2.75) is 0 Å². The highest BCUT2D eigenvalue weighted by atomic mass is 16.6. The summed E-state index contributed by atoms with van der Waals surface area (Å²) in [5, 5.41) is 8.28. The lowest BCUT2D eigenvalue weighted by Crippen LogP contribution is -2.11. The van der Waals surface area contributed by atoms with Gasteiger partial charge in [-0.3, -0.25) is 0 Å². The van der Waals surface area contributed by atoms with Crippen molar-refractivity contribution >= 4 is 5.97 Å². The molecule has 0 aromatic rings. The quantitative estimate of drug-likeness (QED) is 0.396. The predicted octanol–water partition coefficient (Wildman–Crippen LogP) is 0.323. The Morgan fingerprint density at radius 3 is 2.06 bits per heavy atom. The van der Waals surface area contributed by atoms with E-state index in [1.165, 1.54) is 6.08 Å². The van der Waals surface area contributed by atoms with Crippen LogP contribution in [0.5, 0.6) is 0 Å². The lowest BCUT2D eigenvalue weighted by Gasteiger charge is -2.05. The third-order valence-corrected chi connectivity index (χ3v) is 1.65. The highest BCUT2D eigenvalue weighted by molar-refractivity contribution is 5.79. The van der Waals surface area contributed by atoms with Crippen molar-refractivity contribution in [1.29, 1.82) is 0 Å². The average Bonchev–Trinajstić information content (AvgIpc) is 2.30. The van der Waals surface area contributed by atoms with Crippen molar-refractivity contribution in [2.75, 3.05) is 53.4 Å². The van der Waals surface area contributed by atoms with Crippen molar-refractivity contribution in [1.82, 2.24) is 0 Å². The molecule has 0 unspecified atom stereocenters. The predicted molar refractivity (Wildman–Crippen MR) is 61.1 cm³/mol. The number of hydrogen-bond acceptors (Lipinski definition) is 5. The second-order valence-electron chi connectivity index (χ2n) is 3.03. The van der Waals surface area contributed by atoms with Gasteiger partial charge in [-0.25, -0.2) is 4.79 Å². The van der Waals surface area contributed by atoms with Crippen molar-refractivity contribution < 1.29 is 28.8 Å². The lowest BCUT2D eigenvalue weighted by molar-refractivity contribution is -0.131. The van der Waals surface area contributed by atoms with Gasteiger partial charge in [0.15, 0.2) is 0 Å². The van der Waals surface area contributed by atoms with E-state index in [-0.39, 0.29) is 6.61 Å². The second kappa shape index (κ2) is 13.1. The van der Waals surface area contributed by atoms with Crippen LogP contribution in [0.1, 0.15) is 0 Å². The molecule has 0 rings (SSSR count). The standard InChI is InChI=1S/C11H20O6/c1-14-5-6-16-9-10-17-8-7-15-4-2-3-11(12)13/h2-3H,4-10H2,1H3,(H,12,13)/b3-2+. The molecule has 0 aromatic carbocycles. The van der Waals surface area contributed by atoms with Gasteiger partial charge in [0.25, 0.3) is 0 Å². The Hall–Kier alpha value is -0.950. The number of aliphatic carboxylic acids is 1. The molecule has 0 spiro atoms. The smallest absolute Gasteiger partial charge is 0.328 e. The summed E-state index contributed by atoms with van der Waals surface area (Å²) in [6.07, 6.45) is 2.49. The number of hydrogen-bond donors (Lipinski definition) is 1. The van der Waals surface area contributed by atoms with Crippen LogP contribution in [0.2, 0.25) is 0 Å². The van der Waals surface area contributed by atoms with Gasteiger partial charge in [0, 0.05) is 13.2 Å². The number of methoxy groups -OCH3 is 1. The van der Waals surface area contributed by atoms with Crippen LogP contribution in [-0.2, 0) is 23.7 Å². The van der Waals surface area contributed by atoms with E-state index >= 15 is 0 Å². The van der Waals surface area contributed by atoms with E-state index in [0.29, 0.717) is 39.6 Å². The first-order valence-electron chi connectivity index (χ1n) is 5.39. The molecule has 0 saturated carbocycles. The summed E-state index contributed by atoms with van der Waals surface area (Å²) in [6.45, 7) is 3.37. The summed E-state index contributed by atoms with van der Waals surface area (Å²) in [5.74, 6) is -0.974. The summed E-state index contributed by atoms with van der Waals surface area (Å²) >= 11 is 0. The van der Waals surface area contributed by atoms with Gasteiger partial charge in [-0.2, -0.15) is 0 Å². The molecule has 0 heterocycles. The Morgan fingerprint density at radius 2 is 1.53 bits per heavy atom. The molecule has 0 aliphatic heterocycles. The molecule has 0 fully saturated rings. The molecule has 0 aliphatic rings. The molecule has 6 heteroatoms. The fourth-order valence-electron chi connectivity index (χ4n) is 0.882. The minimum absolute atomic E-state index is 0.278. The number of carbonyl (C=O) groups is 1. The van der Waals surface area contributed by atoms with Crippen LogP contribution in [-0.4, -0.2) is 64.4 Å². The first-order valence-corrected chi connectivity index (χ1v) is 5.39. The summed E-state index contributed by atoms with van der Waals surface area (Å²) in [6, 6.07) is 0. The second-order valence-corrected chi connectivity index (χ2v) is 3.03.